The van der Waals surface area contributed by atoms with Gasteiger partial charge < -0.3 is 5.73 Å². The molecule has 0 amide bonds. The number of halogens is 1. The summed E-state index contributed by atoms with van der Waals surface area (Å²) in [6.45, 7) is 1.67. The zero-order valence-corrected chi connectivity index (χ0v) is 10.9. The van der Waals surface area contributed by atoms with Gasteiger partial charge in [0.2, 0.25) is 5.03 Å². The van der Waals surface area contributed by atoms with E-state index in [2.05, 4.69) is 9.71 Å². The molecular weight excluding hydrogens is 269 g/mol. The topological polar surface area (TPSA) is 85.1 Å². The Bertz CT molecular complexity index is 717. The van der Waals surface area contributed by atoms with Crippen molar-refractivity contribution in [3.8, 4) is 0 Å². The first-order valence-corrected chi connectivity index (χ1v) is 6.88. The van der Waals surface area contributed by atoms with Crippen LogP contribution in [0.15, 0.2) is 41.6 Å². The fourth-order valence-corrected chi connectivity index (χ4v) is 2.66. The van der Waals surface area contributed by atoms with E-state index in [1.54, 1.807) is 25.1 Å². The number of benzene rings is 1. The summed E-state index contributed by atoms with van der Waals surface area (Å²) in [5.74, 6) is -0.906. The molecule has 1 aromatic carbocycles. The molecule has 0 unspecified atom stereocenters. The summed E-state index contributed by atoms with van der Waals surface area (Å²) in [4.78, 5) is 3.54. The van der Waals surface area contributed by atoms with Gasteiger partial charge in [-0.1, -0.05) is 6.07 Å². The summed E-state index contributed by atoms with van der Waals surface area (Å²) >= 11 is 0. The average Bonchev–Trinajstić information content (AvgIpc) is 2.35. The minimum absolute atomic E-state index is 0.296. The number of aromatic nitrogens is 1. The molecule has 0 bridgehead atoms. The summed E-state index contributed by atoms with van der Waals surface area (Å²) in [6.07, 6.45) is 1.21. The number of sulfonamides is 1. The lowest BCUT2D eigenvalue weighted by atomic mass is 10.2. The fourth-order valence-electron chi connectivity index (χ4n) is 1.53. The Kier molecular flexibility index (Phi) is 3.39. The van der Waals surface area contributed by atoms with Gasteiger partial charge in [0.1, 0.15) is 0 Å². The molecule has 0 fully saturated rings. The van der Waals surface area contributed by atoms with Crippen molar-refractivity contribution in [3.05, 3.63) is 47.9 Å². The molecule has 0 aliphatic carbocycles. The van der Waals surface area contributed by atoms with Crippen LogP contribution in [0.25, 0.3) is 0 Å². The zero-order chi connectivity index (χ0) is 14.0. The van der Waals surface area contributed by atoms with E-state index in [-0.39, 0.29) is 0 Å². The summed E-state index contributed by atoms with van der Waals surface area (Å²) in [6, 6.07) is 7.15. The average molecular weight is 281 g/mol. The number of rotatable bonds is 3. The molecule has 0 aliphatic rings. The van der Waals surface area contributed by atoms with E-state index in [9.17, 15) is 12.8 Å². The Balaban J connectivity index is 2.43. The molecule has 2 rings (SSSR count). The van der Waals surface area contributed by atoms with Crippen molar-refractivity contribution in [3.63, 3.8) is 0 Å². The van der Waals surface area contributed by atoms with Crippen molar-refractivity contribution in [2.24, 2.45) is 0 Å². The van der Waals surface area contributed by atoms with Crippen molar-refractivity contribution >= 4 is 21.4 Å². The number of hydrogen-bond acceptors (Lipinski definition) is 4. The quantitative estimate of drug-likeness (QED) is 0.842. The van der Waals surface area contributed by atoms with Crippen LogP contribution < -0.4 is 10.5 Å². The molecule has 0 atom stereocenters. The van der Waals surface area contributed by atoms with Crippen LogP contribution >= 0.6 is 0 Å². The molecule has 19 heavy (non-hydrogen) atoms. The molecule has 2 aromatic rings. The first-order valence-electron chi connectivity index (χ1n) is 5.40. The molecule has 0 aliphatic heterocycles. The van der Waals surface area contributed by atoms with Crippen LogP contribution in [0.1, 0.15) is 5.56 Å². The molecule has 1 heterocycles. The SMILES string of the molecule is Cc1c(N)cccc1NS(=O)(=O)c1ncccc1F. The maximum Gasteiger partial charge on any atom is 0.282 e. The number of anilines is 2. The Morgan fingerprint density at radius 3 is 2.68 bits per heavy atom. The van der Waals surface area contributed by atoms with Crippen LogP contribution in [0.2, 0.25) is 0 Å². The molecule has 0 saturated carbocycles. The van der Waals surface area contributed by atoms with Crippen molar-refractivity contribution in [1.82, 2.24) is 4.98 Å². The van der Waals surface area contributed by atoms with E-state index < -0.39 is 20.9 Å². The second-order valence-corrected chi connectivity index (χ2v) is 5.51. The Morgan fingerprint density at radius 1 is 1.26 bits per heavy atom. The monoisotopic (exact) mass is 281 g/mol. The second-order valence-electron chi connectivity index (χ2n) is 3.92. The van der Waals surface area contributed by atoms with Crippen molar-refractivity contribution < 1.29 is 12.8 Å². The molecule has 5 nitrogen and oxygen atoms in total. The van der Waals surface area contributed by atoms with Crippen LogP contribution in [-0.2, 0) is 10.0 Å². The zero-order valence-electron chi connectivity index (χ0n) is 10.1. The molecule has 7 heteroatoms. The number of hydrogen-bond donors (Lipinski definition) is 2. The van der Waals surface area contributed by atoms with E-state index in [0.29, 0.717) is 16.9 Å². The third kappa shape index (κ3) is 2.65. The predicted octanol–water partition coefficient (Wildman–Crippen LogP) is 1.91. The van der Waals surface area contributed by atoms with Gasteiger partial charge in [0, 0.05) is 11.9 Å². The number of pyridine rings is 1. The first kappa shape index (κ1) is 13.3. The predicted molar refractivity (Wildman–Crippen MR) is 70.6 cm³/mol. The normalized spacial score (nSPS) is 11.3. The summed E-state index contributed by atoms with van der Waals surface area (Å²) in [5.41, 5.74) is 7.00. The maximum atomic E-state index is 13.5. The maximum absolute atomic E-state index is 13.5. The highest BCUT2D eigenvalue weighted by Crippen LogP contribution is 2.23. The van der Waals surface area contributed by atoms with Crippen LogP contribution in [-0.4, -0.2) is 13.4 Å². The Morgan fingerprint density at radius 2 is 2.00 bits per heavy atom. The summed E-state index contributed by atoms with van der Waals surface area (Å²) in [7, 11) is -4.07. The van der Waals surface area contributed by atoms with Gasteiger partial charge in [-0.25, -0.2) is 9.37 Å². The van der Waals surface area contributed by atoms with E-state index in [1.807, 2.05) is 0 Å². The molecule has 3 N–H and O–H groups in total. The lowest BCUT2D eigenvalue weighted by Gasteiger charge is -2.11. The minimum Gasteiger partial charge on any atom is -0.398 e. The highest BCUT2D eigenvalue weighted by molar-refractivity contribution is 7.92. The van der Waals surface area contributed by atoms with E-state index >= 15 is 0 Å². The van der Waals surface area contributed by atoms with E-state index in [4.69, 9.17) is 5.73 Å². The number of nitrogens with one attached hydrogen (secondary N) is 1. The third-order valence-corrected chi connectivity index (χ3v) is 3.90. The van der Waals surface area contributed by atoms with Gasteiger partial charge in [0.05, 0.1) is 5.69 Å². The highest BCUT2D eigenvalue weighted by Gasteiger charge is 2.21. The second kappa shape index (κ2) is 4.85. The molecule has 100 valence electrons. The number of nitrogen functional groups attached to an aromatic ring is 1. The van der Waals surface area contributed by atoms with Gasteiger partial charge >= 0.3 is 0 Å². The van der Waals surface area contributed by atoms with Crippen molar-refractivity contribution in [2.45, 2.75) is 11.9 Å². The summed E-state index contributed by atoms with van der Waals surface area (Å²) < 4.78 is 39.8. The summed E-state index contributed by atoms with van der Waals surface area (Å²) in [5, 5.41) is -0.642. The van der Waals surface area contributed by atoms with E-state index in [1.165, 1.54) is 12.3 Å². The Hall–Kier alpha value is -2.15. The van der Waals surface area contributed by atoms with Gasteiger partial charge in [-0.05, 0) is 36.8 Å². The highest BCUT2D eigenvalue weighted by atomic mass is 32.2. The molecule has 0 radical (unpaired) electrons. The lowest BCUT2D eigenvalue weighted by Crippen LogP contribution is -2.17. The molecule has 0 spiro atoms. The largest absolute Gasteiger partial charge is 0.398 e. The van der Waals surface area contributed by atoms with Gasteiger partial charge in [0.15, 0.2) is 5.82 Å². The van der Waals surface area contributed by atoms with Crippen LogP contribution in [0.4, 0.5) is 15.8 Å². The number of nitrogens with zero attached hydrogens (tertiary/aromatic N) is 1. The van der Waals surface area contributed by atoms with Gasteiger partial charge in [0.25, 0.3) is 10.0 Å². The van der Waals surface area contributed by atoms with Crippen LogP contribution in [0.5, 0.6) is 0 Å². The van der Waals surface area contributed by atoms with Crippen LogP contribution in [0.3, 0.4) is 0 Å². The van der Waals surface area contributed by atoms with Crippen LogP contribution in [0, 0.1) is 12.7 Å². The fraction of sp³-hybridized carbons (Fsp3) is 0.0833. The Labute approximate surface area is 110 Å². The van der Waals surface area contributed by atoms with Gasteiger partial charge in [-0.3, -0.25) is 4.72 Å². The standard InChI is InChI=1S/C12H12FN3O2S/c1-8-10(14)5-2-6-11(8)16-19(17,18)12-9(13)4-3-7-15-12/h2-7,16H,14H2,1H3. The van der Waals surface area contributed by atoms with Gasteiger partial charge in [-0.15, -0.1) is 0 Å². The third-order valence-electron chi connectivity index (χ3n) is 2.60. The minimum atomic E-state index is -4.07. The smallest absolute Gasteiger partial charge is 0.282 e. The van der Waals surface area contributed by atoms with Gasteiger partial charge in [-0.2, -0.15) is 8.42 Å². The lowest BCUT2D eigenvalue weighted by molar-refractivity contribution is 0.557. The molecule has 0 saturated heterocycles. The number of nitrogens with two attached hydrogens (primary N) is 1. The van der Waals surface area contributed by atoms with Crippen molar-refractivity contribution in [2.75, 3.05) is 10.5 Å². The van der Waals surface area contributed by atoms with E-state index in [0.717, 1.165) is 6.07 Å². The van der Waals surface area contributed by atoms with Crippen molar-refractivity contribution in [1.29, 1.82) is 0 Å². The first-order chi connectivity index (χ1) is 8.92. The molecular formula is C12H12FN3O2S. The molecule has 1 aromatic heterocycles.